The van der Waals surface area contributed by atoms with Gasteiger partial charge in [0.05, 0.1) is 17.1 Å². The van der Waals surface area contributed by atoms with Crippen molar-refractivity contribution in [3.63, 3.8) is 0 Å². The number of non-ortho nitro benzene ring substituents is 1. The van der Waals surface area contributed by atoms with Gasteiger partial charge in [0.2, 0.25) is 0 Å². The zero-order valence-corrected chi connectivity index (χ0v) is 10.7. The molecule has 0 saturated carbocycles. The molecule has 5 nitrogen and oxygen atoms in total. The highest BCUT2D eigenvalue weighted by molar-refractivity contribution is 5.87. The molecule has 98 valence electrons. The Labute approximate surface area is 110 Å². The van der Waals surface area contributed by atoms with Crippen LogP contribution in [-0.2, 0) is 9.53 Å². The average molecular weight is 259 g/mol. The van der Waals surface area contributed by atoms with Crippen LogP contribution < -0.4 is 0 Å². The lowest BCUT2D eigenvalue weighted by molar-refractivity contribution is -0.384. The Morgan fingerprint density at radius 2 is 2.05 bits per heavy atom. The van der Waals surface area contributed by atoms with E-state index in [1.807, 2.05) is 0 Å². The third kappa shape index (κ3) is 4.64. The summed E-state index contributed by atoms with van der Waals surface area (Å²) in [7, 11) is 0. The van der Waals surface area contributed by atoms with E-state index in [0.29, 0.717) is 12.2 Å². The summed E-state index contributed by atoms with van der Waals surface area (Å²) < 4.78 is 4.78. The molecule has 0 heterocycles. The molecular formula is C14H13NO4. The first-order valence-electron chi connectivity index (χ1n) is 5.64. The number of hydrogen-bond donors (Lipinski definition) is 0. The van der Waals surface area contributed by atoms with Crippen molar-refractivity contribution in [2.24, 2.45) is 0 Å². The van der Waals surface area contributed by atoms with Crippen molar-refractivity contribution in [2.45, 2.75) is 13.8 Å². The Balaban J connectivity index is 2.89. The first-order valence-corrected chi connectivity index (χ1v) is 5.64. The highest BCUT2D eigenvalue weighted by atomic mass is 16.6. The predicted molar refractivity (Wildman–Crippen MR) is 70.4 cm³/mol. The molecule has 19 heavy (non-hydrogen) atoms. The fourth-order valence-electron chi connectivity index (χ4n) is 1.21. The van der Waals surface area contributed by atoms with Crippen LogP contribution in [0.15, 0.2) is 41.3 Å². The number of nitrogens with zero attached hydrogens (tertiary/aromatic N) is 1. The van der Waals surface area contributed by atoms with E-state index in [1.165, 1.54) is 12.1 Å². The molecule has 5 heteroatoms. The largest absolute Gasteiger partial charge is 0.462 e. The lowest BCUT2D eigenvalue weighted by Crippen LogP contribution is -2.03. The molecule has 1 aromatic rings. The van der Waals surface area contributed by atoms with Crippen molar-refractivity contribution in [1.82, 2.24) is 0 Å². The molecule has 0 spiro atoms. The van der Waals surface area contributed by atoms with Gasteiger partial charge in [-0.25, -0.2) is 4.79 Å². The van der Waals surface area contributed by atoms with Crippen LogP contribution >= 0.6 is 0 Å². The molecule has 0 amide bonds. The Morgan fingerprint density at radius 3 is 2.58 bits per heavy atom. The zero-order chi connectivity index (χ0) is 14.3. The molecule has 0 radical (unpaired) electrons. The topological polar surface area (TPSA) is 69.4 Å². The summed E-state index contributed by atoms with van der Waals surface area (Å²) in [6.07, 6.45) is 1.58. The van der Waals surface area contributed by atoms with Crippen molar-refractivity contribution in [3.05, 3.63) is 57.0 Å². The number of nitro benzene ring substituents is 1. The molecule has 0 bridgehead atoms. The number of carbonyl (C=O) groups excluding carboxylic acids is 1. The third-order valence-electron chi connectivity index (χ3n) is 2.18. The maximum atomic E-state index is 11.3. The normalized spacial score (nSPS) is 8.95. The predicted octanol–water partition coefficient (Wildman–Crippen LogP) is 2.87. The summed E-state index contributed by atoms with van der Waals surface area (Å²) in [4.78, 5) is 21.3. The molecule has 0 saturated heterocycles. The Kier molecular flexibility index (Phi) is 5.30. The third-order valence-corrected chi connectivity index (χ3v) is 2.18. The van der Waals surface area contributed by atoms with Gasteiger partial charge in [-0.05, 0) is 37.6 Å². The van der Waals surface area contributed by atoms with Gasteiger partial charge in [-0.1, -0.05) is 11.5 Å². The Morgan fingerprint density at radius 1 is 1.42 bits per heavy atom. The fourth-order valence-corrected chi connectivity index (χ4v) is 1.21. The quantitative estimate of drug-likeness (QED) is 0.274. The second-order valence-corrected chi connectivity index (χ2v) is 3.61. The number of benzene rings is 1. The van der Waals surface area contributed by atoms with Crippen LogP contribution in [0.2, 0.25) is 0 Å². The van der Waals surface area contributed by atoms with Crippen molar-refractivity contribution < 1.29 is 14.5 Å². The van der Waals surface area contributed by atoms with Crippen LogP contribution in [0.1, 0.15) is 19.4 Å². The highest BCUT2D eigenvalue weighted by Crippen LogP contribution is 2.12. The number of esters is 1. The van der Waals surface area contributed by atoms with Crippen LogP contribution in [0.4, 0.5) is 5.69 Å². The van der Waals surface area contributed by atoms with Gasteiger partial charge >= 0.3 is 5.97 Å². The first kappa shape index (κ1) is 14.5. The van der Waals surface area contributed by atoms with Crippen LogP contribution in [0.3, 0.4) is 0 Å². The fraction of sp³-hybridized carbons (Fsp3) is 0.214. The molecule has 0 aliphatic heterocycles. The van der Waals surface area contributed by atoms with Crippen LogP contribution in [0.5, 0.6) is 0 Å². The van der Waals surface area contributed by atoms with Crippen molar-refractivity contribution in [1.29, 1.82) is 0 Å². The first-order chi connectivity index (χ1) is 9.04. The smallest absolute Gasteiger partial charge is 0.342 e. The van der Waals surface area contributed by atoms with Gasteiger partial charge in [-0.15, -0.1) is 0 Å². The van der Waals surface area contributed by atoms with E-state index in [4.69, 9.17) is 4.74 Å². The van der Waals surface area contributed by atoms with Gasteiger partial charge in [0.1, 0.15) is 0 Å². The SMILES string of the molecule is CCOC(=O)C(C)=C=C=Cc1ccc([N+](=O)[O-])cc1. The Hall–Kier alpha value is -2.61. The highest BCUT2D eigenvalue weighted by Gasteiger charge is 2.02. The summed E-state index contributed by atoms with van der Waals surface area (Å²) in [6.45, 7) is 3.61. The van der Waals surface area contributed by atoms with Crippen molar-refractivity contribution >= 4 is 17.7 Å². The summed E-state index contributed by atoms with van der Waals surface area (Å²) in [6, 6.07) is 5.98. The van der Waals surface area contributed by atoms with Gasteiger partial charge in [-0.3, -0.25) is 10.1 Å². The standard InChI is InChI=1S/C14H13NO4/c1-3-19-14(16)11(2)5-4-6-12-7-9-13(10-8-12)15(17)18/h6-10H,3H2,1-2H3. The number of hydrogen-bond acceptors (Lipinski definition) is 4. The minimum atomic E-state index is -0.464. The van der Waals surface area contributed by atoms with Crippen molar-refractivity contribution in [2.75, 3.05) is 6.61 Å². The molecular weight excluding hydrogens is 246 g/mol. The summed E-state index contributed by atoms with van der Waals surface area (Å²) in [5.74, 6) is -0.438. The number of rotatable bonds is 4. The molecule has 0 N–H and O–H groups in total. The van der Waals surface area contributed by atoms with E-state index in [1.54, 1.807) is 32.1 Å². The van der Waals surface area contributed by atoms with E-state index in [-0.39, 0.29) is 5.69 Å². The maximum Gasteiger partial charge on any atom is 0.342 e. The number of ether oxygens (including phenoxy) is 1. The molecule has 1 rings (SSSR count). The van der Waals surface area contributed by atoms with E-state index in [2.05, 4.69) is 11.5 Å². The van der Waals surface area contributed by atoms with E-state index >= 15 is 0 Å². The summed E-state index contributed by atoms with van der Waals surface area (Å²) >= 11 is 0. The molecule has 0 fully saturated rings. The maximum absolute atomic E-state index is 11.3. The average Bonchev–Trinajstić information content (AvgIpc) is 2.39. The lowest BCUT2D eigenvalue weighted by atomic mass is 10.2. The monoisotopic (exact) mass is 259 g/mol. The molecule has 1 aromatic carbocycles. The van der Waals surface area contributed by atoms with E-state index in [0.717, 1.165) is 5.56 Å². The number of carbonyl (C=O) groups is 1. The van der Waals surface area contributed by atoms with Crippen LogP contribution in [0, 0.1) is 10.1 Å². The van der Waals surface area contributed by atoms with Gasteiger partial charge in [-0.2, -0.15) is 0 Å². The van der Waals surface area contributed by atoms with Crippen molar-refractivity contribution in [3.8, 4) is 0 Å². The summed E-state index contributed by atoms with van der Waals surface area (Å²) in [5, 5.41) is 10.5. The number of nitro groups is 1. The van der Waals surface area contributed by atoms with E-state index < -0.39 is 10.9 Å². The molecule has 0 aromatic heterocycles. The van der Waals surface area contributed by atoms with E-state index in [9.17, 15) is 14.9 Å². The van der Waals surface area contributed by atoms with Gasteiger partial charge in [0.25, 0.3) is 5.69 Å². The minimum Gasteiger partial charge on any atom is -0.462 e. The zero-order valence-electron chi connectivity index (χ0n) is 10.7. The second-order valence-electron chi connectivity index (χ2n) is 3.61. The van der Waals surface area contributed by atoms with Gasteiger partial charge in [0.15, 0.2) is 0 Å². The van der Waals surface area contributed by atoms with Crippen LogP contribution in [0.25, 0.3) is 6.08 Å². The van der Waals surface area contributed by atoms with Gasteiger partial charge in [0, 0.05) is 12.1 Å². The second kappa shape index (κ2) is 6.97. The molecule has 0 aliphatic carbocycles. The minimum absolute atomic E-state index is 0.0272. The Bertz CT molecular complexity index is 574. The van der Waals surface area contributed by atoms with Gasteiger partial charge < -0.3 is 4.74 Å². The molecule has 0 atom stereocenters. The molecule has 0 unspecified atom stereocenters. The lowest BCUT2D eigenvalue weighted by Gasteiger charge is -1.96. The summed E-state index contributed by atoms with van der Waals surface area (Å²) in [5.41, 5.74) is 6.44. The molecule has 0 aliphatic rings. The van der Waals surface area contributed by atoms with Crippen LogP contribution in [-0.4, -0.2) is 17.5 Å².